The summed E-state index contributed by atoms with van der Waals surface area (Å²) in [4.78, 5) is 9.00. The normalized spacial score (nSPS) is 10.8. The van der Waals surface area contributed by atoms with E-state index >= 15 is 0 Å². The van der Waals surface area contributed by atoms with Crippen LogP contribution in [0.5, 0.6) is 5.75 Å². The van der Waals surface area contributed by atoms with Crippen LogP contribution in [0.2, 0.25) is 5.02 Å². The Morgan fingerprint density at radius 1 is 1.04 bits per heavy atom. The van der Waals surface area contributed by atoms with Crippen LogP contribution in [0.4, 0.5) is 11.5 Å². The van der Waals surface area contributed by atoms with Gasteiger partial charge in [0.25, 0.3) is 0 Å². The molecule has 0 unspecified atom stereocenters. The summed E-state index contributed by atoms with van der Waals surface area (Å²) in [7, 11) is 1.66. The molecule has 2 aromatic carbocycles. The quantitative estimate of drug-likeness (QED) is 0.641. The number of benzene rings is 2. The maximum Gasteiger partial charge on any atom is 0.149 e. The number of hydrogen-bond acceptors (Lipinski definition) is 4. The molecule has 25 heavy (non-hydrogen) atoms. The third-order valence-electron chi connectivity index (χ3n) is 3.92. The van der Waals surface area contributed by atoms with E-state index in [2.05, 4.69) is 41.3 Å². The molecular formula is C20H20ClN3O. The maximum atomic E-state index is 5.92. The molecule has 0 atom stereocenters. The molecular weight excluding hydrogens is 334 g/mol. The molecule has 0 radical (unpaired) electrons. The van der Waals surface area contributed by atoms with Crippen molar-refractivity contribution in [3.05, 3.63) is 65.4 Å². The monoisotopic (exact) mass is 353 g/mol. The highest BCUT2D eigenvalue weighted by Crippen LogP contribution is 2.32. The van der Waals surface area contributed by atoms with E-state index in [1.807, 2.05) is 30.3 Å². The maximum absolute atomic E-state index is 5.92. The number of halogens is 1. The van der Waals surface area contributed by atoms with Gasteiger partial charge in [0.15, 0.2) is 0 Å². The average molecular weight is 354 g/mol. The van der Waals surface area contributed by atoms with Crippen molar-refractivity contribution < 1.29 is 4.74 Å². The van der Waals surface area contributed by atoms with E-state index in [-0.39, 0.29) is 0 Å². The highest BCUT2D eigenvalue weighted by atomic mass is 35.5. The molecule has 1 heterocycles. The predicted octanol–water partition coefficient (Wildman–Crippen LogP) is 5.67. The van der Waals surface area contributed by atoms with Gasteiger partial charge in [-0.05, 0) is 47.9 Å². The predicted molar refractivity (Wildman–Crippen MR) is 103 cm³/mol. The number of ether oxygens (including phenoxy) is 1. The van der Waals surface area contributed by atoms with Crippen LogP contribution in [-0.4, -0.2) is 17.1 Å². The fourth-order valence-corrected chi connectivity index (χ4v) is 2.65. The van der Waals surface area contributed by atoms with Gasteiger partial charge in [-0.1, -0.05) is 31.5 Å². The van der Waals surface area contributed by atoms with Crippen molar-refractivity contribution in [1.82, 2.24) is 9.97 Å². The zero-order valence-corrected chi connectivity index (χ0v) is 15.2. The summed E-state index contributed by atoms with van der Waals surface area (Å²) in [5.41, 5.74) is 3.83. The van der Waals surface area contributed by atoms with Crippen molar-refractivity contribution in [3.63, 3.8) is 0 Å². The molecule has 4 nitrogen and oxygen atoms in total. The fraction of sp³-hybridized carbons (Fsp3) is 0.200. The third-order valence-corrected chi connectivity index (χ3v) is 4.17. The minimum absolute atomic E-state index is 0.424. The van der Waals surface area contributed by atoms with Crippen molar-refractivity contribution in [2.45, 2.75) is 19.8 Å². The second-order valence-electron chi connectivity index (χ2n) is 6.04. The molecule has 0 aliphatic heterocycles. The fourth-order valence-electron chi connectivity index (χ4n) is 2.52. The minimum Gasteiger partial charge on any atom is -0.496 e. The largest absolute Gasteiger partial charge is 0.496 e. The van der Waals surface area contributed by atoms with Crippen LogP contribution in [0.1, 0.15) is 25.3 Å². The van der Waals surface area contributed by atoms with Crippen molar-refractivity contribution in [3.8, 4) is 17.0 Å². The first-order chi connectivity index (χ1) is 12.1. The summed E-state index contributed by atoms with van der Waals surface area (Å²) in [6.07, 6.45) is 3.44. The van der Waals surface area contributed by atoms with Crippen LogP contribution in [0.15, 0.2) is 54.9 Å². The average Bonchev–Trinajstić information content (AvgIpc) is 2.63. The van der Waals surface area contributed by atoms with E-state index in [9.17, 15) is 0 Å². The van der Waals surface area contributed by atoms with Gasteiger partial charge in [-0.15, -0.1) is 0 Å². The smallest absolute Gasteiger partial charge is 0.149 e. The van der Waals surface area contributed by atoms with E-state index in [0.29, 0.717) is 16.8 Å². The molecule has 0 saturated heterocycles. The van der Waals surface area contributed by atoms with Crippen molar-refractivity contribution >= 4 is 23.1 Å². The Kier molecular flexibility index (Phi) is 5.19. The lowest BCUT2D eigenvalue weighted by molar-refractivity contribution is 0.416. The van der Waals surface area contributed by atoms with Gasteiger partial charge in [-0.3, -0.25) is 4.98 Å². The Labute approximate surface area is 152 Å². The van der Waals surface area contributed by atoms with Gasteiger partial charge in [0.05, 0.1) is 25.2 Å². The molecule has 0 aliphatic carbocycles. The third kappa shape index (κ3) is 4.09. The van der Waals surface area contributed by atoms with Gasteiger partial charge in [-0.25, -0.2) is 4.98 Å². The molecule has 0 aliphatic rings. The lowest BCUT2D eigenvalue weighted by Crippen LogP contribution is -1.98. The van der Waals surface area contributed by atoms with E-state index in [4.69, 9.17) is 16.3 Å². The molecule has 5 heteroatoms. The second-order valence-corrected chi connectivity index (χ2v) is 6.47. The summed E-state index contributed by atoms with van der Waals surface area (Å²) in [6.45, 7) is 4.32. The van der Waals surface area contributed by atoms with Crippen molar-refractivity contribution in [2.24, 2.45) is 0 Å². The molecule has 128 valence electrons. The van der Waals surface area contributed by atoms with Gasteiger partial charge in [0.1, 0.15) is 11.6 Å². The number of hydrogen-bond donors (Lipinski definition) is 1. The Morgan fingerprint density at radius 3 is 2.48 bits per heavy atom. The number of methoxy groups -OCH3 is 1. The first-order valence-corrected chi connectivity index (χ1v) is 8.47. The summed E-state index contributed by atoms with van der Waals surface area (Å²) >= 11 is 5.92. The topological polar surface area (TPSA) is 47.0 Å². The molecule has 0 spiro atoms. The Morgan fingerprint density at radius 2 is 1.80 bits per heavy atom. The van der Waals surface area contributed by atoms with Crippen LogP contribution < -0.4 is 10.1 Å². The summed E-state index contributed by atoms with van der Waals surface area (Å²) in [5.74, 6) is 1.87. The molecule has 0 amide bonds. The Hall–Kier alpha value is -2.59. The van der Waals surface area contributed by atoms with E-state index in [0.717, 1.165) is 22.7 Å². The Balaban J connectivity index is 1.95. The first-order valence-electron chi connectivity index (χ1n) is 8.10. The lowest BCUT2D eigenvalue weighted by Gasteiger charge is -2.13. The van der Waals surface area contributed by atoms with Gasteiger partial charge in [0.2, 0.25) is 0 Å². The molecule has 3 aromatic rings. The van der Waals surface area contributed by atoms with Crippen LogP contribution in [-0.2, 0) is 0 Å². The van der Waals surface area contributed by atoms with E-state index < -0.39 is 0 Å². The minimum atomic E-state index is 0.424. The summed E-state index contributed by atoms with van der Waals surface area (Å²) in [6, 6.07) is 13.6. The van der Waals surface area contributed by atoms with Crippen LogP contribution in [0.3, 0.4) is 0 Å². The van der Waals surface area contributed by atoms with Crippen molar-refractivity contribution in [1.29, 1.82) is 0 Å². The van der Waals surface area contributed by atoms with Crippen LogP contribution in [0.25, 0.3) is 11.3 Å². The highest BCUT2D eigenvalue weighted by Gasteiger charge is 2.11. The molecule has 3 rings (SSSR count). The SMILES string of the molecule is COc1ccc(C(C)C)cc1-c1cncc(Nc2ccc(Cl)cc2)n1. The molecule has 1 aromatic heterocycles. The number of nitrogens with one attached hydrogen (secondary N) is 1. The van der Waals surface area contributed by atoms with E-state index in [1.54, 1.807) is 19.5 Å². The number of aromatic nitrogens is 2. The summed E-state index contributed by atoms with van der Waals surface area (Å²) in [5, 5.41) is 3.94. The Bertz CT molecular complexity index is 863. The van der Waals surface area contributed by atoms with Gasteiger partial charge in [0, 0.05) is 16.3 Å². The zero-order chi connectivity index (χ0) is 17.8. The molecule has 0 fully saturated rings. The van der Waals surface area contributed by atoms with Crippen LogP contribution in [0, 0.1) is 0 Å². The van der Waals surface area contributed by atoms with E-state index in [1.165, 1.54) is 5.56 Å². The molecule has 0 saturated carbocycles. The highest BCUT2D eigenvalue weighted by molar-refractivity contribution is 6.30. The van der Waals surface area contributed by atoms with Gasteiger partial charge in [-0.2, -0.15) is 0 Å². The zero-order valence-electron chi connectivity index (χ0n) is 14.5. The number of anilines is 2. The lowest BCUT2D eigenvalue weighted by atomic mass is 9.99. The number of rotatable bonds is 5. The van der Waals surface area contributed by atoms with Gasteiger partial charge >= 0.3 is 0 Å². The van der Waals surface area contributed by atoms with Gasteiger partial charge < -0.3 is 10.1 Å². The second kappa shape index (κ2) is 7.53. The van der Waals surface area contributed by atoms with Crippen molar-refractivity contribution in [2.75, 3.05) is 12.4 Å². The molecule has 0 bridgehead atoms. The van der Waals surface area contributed by atoms with Crippen LogP contribution >= 0.6 is 11.6 Å². The molecule has 1 N–H and O–H groups in total. The first kappa shape index (κ1) is 17.2. The standard InChI is InChI=1S/C20H20ClN3O/c1-13(2)14-4-9-19(25-3)17(10-14)18-11-22-12-20(24-18)23-16-7-5-15(21)6-8-16/h4-13H,1-3H3,(H,23,24). The summed E-state index contributed by atoms with van der Waals surface area (Å²) < 4.78 is 5.50. The number of nitrogens with zero attached hydrogens (tertiary/aromatic N) is 2.